The van der Waals surface area contributed by atoms with Crippen LogP contribution in [0.2, 0.25) is 0 Å². The molecule has 1 saturated heterocycles. The van der Waals surface area contributed by atoms with Crippen molar-refractivity contribution in [3.63, 3.8) is 0 Å². The molecule has 24 heavy (non-hydrogen) atoms. The number of carbonyl (C=O) groups excluding carboxylic acids is 2. The van der Waals surface area contributed by atoms with Crippen LogP contribution < -0.4 is 5.73 Å². The lowest BCUT2D eigenvalue weighted by molar-refractivity contribution is -0.156. The number of benzene rings is 1. The van der Waals surface area contributed by atoms with Crippen LogP contribution in [0.25, 0.3) is 0 Å². The van der Waals surface area contributed by atoms with Gasteiger partial charge in [0.15, 0.2) is 5.60 Å². The number of hydrogen-bond donors (Lipinski definition) is 2. The molecule has 1 fully saturated rings. The summed E-state index contributed by atoms with van der Waals surface area (Å²) >= 11 is 0. The Morgan fingerprint density at radius 2 is 2.00 bits per heavy atom. The fourth-order valence-electron chi connectivity index (χ4n) is 2.90. The van der Waals surface area contributed by atoms with Gasteiger partial charge in [0.2, 0.25) is 5.91 Å². The van der Waals surface area contributed by atoms with Crippen molar-refractivity contribution in [1.82, 2.24) is 4.90 Å². The second-order valence-electron chi connectivity index (χ2n) is 7.09. The van der Waals surface area contributed by atoms with Gasteiger partial charge in [0.25, 0.3) is 5.91 Å². The number of nitrogens with zero attached hydrogens (tertiary/aromatic N) is 1. The van der Waals surface area contributed by atoms with Crippen LogP contribution in [0.5, 0.6) is 0 Å². The van der Waals surface area contributed by atoms with Crippen LogP contribution in [-0.2, 0) is 20.9 Å². The largest absolute Gasteiger partial charge is 0.378 e. The highest BCUT2D eigenvalue weighted by Gasteiger charge is 2.43. The molecule has 0 saturated carbocycles. The smallest absolute Gasteiger partial charge is 0.251 e. The maximum atomic E-state index is 12.8. The van der Waals surface area contributed by atoms with Crippen LogP contribution in [0.1, 0.15) is 32.3 Å². The van der Waals surface area contributed by atoms with E-state index in [0.29, 0.717) is 19.6 Å². The molecule has 1 aromatic rings. The number of aliphatic hydroxyl groups is 1. The van der Waals surface area contributed by atoms with Gasteiger partial charge in [0.05, 0.1) is 25.2 Å². The minimum absolute atomic E-state index is 0.0523. The van der Waals surface area contributed by atoms with Crippen molar-refractivity contribution in [2.75, 3.05) is 19.7 Å². The maximum absolute atomic E-state index is 12.8. The lowest BCUT2D eigenvalue weighted by Gasteiger charge is -2.40. The molecule has 6 nitrogen and oxygen atoms in total. The number of β-amino-alcohol motifs (C(OH)–C–C–N with tert-alkyl or cyclic N) is 1. The predicted molar refractivity (Wildman–Crippen MR) is 89.8 cm³/mol. The third-order valence-corrected chi connectivity index (χ3v) is 4.37. The van der Waals surface area contributed by atoms with Crippen molar-refractivity contribution in [2.24, 2.45) is 11.1 Å². The topological polar surface area (TPSA) is 92.9 Å². The van der Waals surface area contributed by atoms with E-state index in [4.69, 9.17) is 10.5 Å². The molecule has 1 unspecified atom stereocenters. The summed E-state index contributed by atoms with van der Waals surface area (Å²) in [4.78, 5) is 25.7. The van der Waals surface area contributed by atoms with Gasteiger partial charge in [-0.1, -0.05) is 30.3 Å². The third-order valence-electron chi connectivity index (χ3n) is 4.37. The number of carbonyl (C=O) groups is 2. The van der Waals surface area contributed by atoms with Crippen molar-refractivity contribution < 1.29 is 19.4 Å². The summed E-state index contributed by atoms with van der Waals surface area (Å²) in [6.45, 7) is 4.76. The lowest BCUT2D eigenvalue weighted by atomic mass is 9.87. The Balaban J connectivity index is 1.93. The Kier molecular flexibility index (Phi) is 5.62. The zero-order chi connectivity index (χ0) is 17.8. The number of nitrogens with two attached hydrogens (primary N) is 1. The van der Waals surface area contributed by atoms with E-state index in [1.807, 2.05) is 30.3 Å². The number of ether oxygens (including phenoxy) is 1. The van der Waals surface area contributed by atoms with Crippen LogP contribution in [0.4, 0.5) is 0 Å². The van der Waals surface area contributed by atoms with E-state index in [0.717, 1.165) is 5.56 Å². The average molecular weight is 334 g/mol. The molecule has 1 atom stereocenters. The van der Waals surface area contributed by atoms with Crippen molar-refractivity contribution in [3.05, 3.63) is 35.9 Å². The van der Waals surface area contributed by atoms with Crippen LogP contribution in [-0.4, -0.2) is 47.1 Å². The van der Waals surface area contributed by atoms with Gasteiger partial charge in [-0.05, 0) is 32.3 Å². The predicted octanol–water partition coefficient (Wildman–Crippen LogP) is 1.07. The molecular weight excluding hydrogens is 308 g/mol. The number of piperidine rings is 1. The lowest BCUT2D eigenvalue weighted by Crippen LogP contribution is -2.59. The molecule has 2 rings (SSSR count). The molecule has 0 aromatic heterocycles. The molecule has 132 valence electrons. The summed E-state index contributed by atoms with van der Waals surface area (Å²) in [7, 11) is 0. The summed E-state index contributed by atoms with van der Waals surface area (Å²) in [5.41, 5.74) is 3.93. The highest BCUT2D eigenvalue weighted by molar-refractivity contribution is 5.86. The molecule has 3 N–H and O–H groups in total. The first-order chi connectivity index (χ1) is 11.2. The minimum atomic E-state index is -1.63. The molecule has 0 spiro atoms. The van der Waals surface area contributed by atoms with E-state index in [-0.39, 0.29) is 25.5 Å². The van der Waals surface area contributed by atoms with Gasteiger partial charge in [-0.15, -0.1) is 0 Å². The second kappa shape index (κ2) is 7.32. The Morgan fingerprint density at radius 1 is 1.33 bits per heavy atom. The molecule has 1 aliphatic rings. The van der Waals surface area contributed by atoms with Crippen LogP contribution in [0, 0.1) is 5.41 Å². The third kappa shape index (κ3) is 4.33. The maximum Gasteiger partial charge on any atom is 0.251 e. The highest BCUT2D eigenvalue weighted by Crippen LogP contribution is 2.26. The summed E-state index contributed by atoms with van der Waals surface area (Å²) < 4.78 is 5.69. The molecule has 2 amide bonds. The molecule has 6 heteroatoms. The fourth-order valence-corrected chi connectivity index (χ4v) is 2.90. The molecule has 0 bridgehead atoms. The number of hydrogen-bond acceptors (Lipinski definition) is 4. The average Bonchev–Trinajstić information content (AvgIpc) is 2.55. The molecule has 1 aromatic carbocycles. The van der Waals surface area contributed by atoms with E-state index < -0.39 is 16.9 Å². The summed E-state index contributed by atoms with van der Waals surface area (Å²) in [6.07, 6.45) is 0.836. The number of rotatable bonds is 6. The van der Waals surface area contributed by atoms with E-state index in [9.17, 15) is 14.7 Å². The summed E-state index contributed by atoms with van der Waals surface area (Å²) in [5, 5.41) is 10.3. The Bertz CT molecular complexity index is 588. The first kappa shape index (κ1) is 18.4. The van der Waals surface area contributed by atoms with E-state index in [2.05, 4.69) is 0 Å². The fraction of sp³-hybridized carbons (Fsp3) is 0.556. The first-order valence-electron chi connectivity index (χ1n) is 8.18. The van der Waals surface area contributed by atoms with Gasteiger partial charge in [-0.2, -0.15) is 0 Å². The monoisotopic (exact) mass is 334 g/mol. The van der Waals surface area contributed by atoms with E-state index in [1.54, 1.807) is 13.8 Å². The molecular formula is C18H26N2O4. The van der Waals surface area contributed by atoms with Gasteiger partial charge < -0.3 is 20.5 Å². The molecule has 0 radical (unpaired) electrons. The summed E-state index contributed by atoms with van der Waals surface area (Å²) in [6, 6.07) is 9.74. The number of likely N-dealkylation sites (tertiary alicyclic amines) is 1. The quantitative estimate of drug-likeness (QED) is 0.814. The van der Waals surface area contributed by atoms with Crippen LogP contribution in [0.15, 0.2) is 30.3 Å². The van der Waals surface area contributed by atoms with Crippen molar-refractivity contribution in [1.29, 1.82) is 0 Å². The number of primary amides is 1. The standard InChI is InChI=1S/C18H26N2O4/c1-17(2,13-24-11-14-7-4-3-5-8-14)16(22)20-10-6-9-18(23,12-20)15(19)21/h3-5,7-8,23H,6,9-13H2,1-2H3,(H2,19,21). The van der Waals surface area contributed by atoms with Gasteiger partial charge in [-0.25, -0.2) is 0 Å². The van der Waals surface area contributed by atoms with Crippen LogP contribution in [0.3, 0.4) is 0 Å². The van der Waals surface area contributed by atoms with Gasteiger partial charge >= 0.3 is 0 Å². The number of amides is 2. The second-order valence-corrected chi connectivity index (χ2v) is 7.09. The van der Waals surface area contributed by atoms with Gasteiger partial charge in [-0.3, -0.25) is 9.59 Å². The van der Waals surface area contributed by atoms with Crippen LogP contribution >= 0.6 is 0 Å². The Morgan fingerprint density at radius 3 is 2.62 bits per heavy atom. The zero-order valence-corrected chi connectivity index (χ0v) is 14.3. The van der Waals surface area contributed by atoms with Crippen molar-refractivity contribution in [2.45, 2.75) is 38.9 Å². The molecule has 1 aliphatic heterocycles. The normalized spacial score (nSPS) is 21.5. The van der Waals surface area contributed by atoms with Gasteiger partial charge in [0.1, 0.15) is 0 Å². The van der Waals surface area contributed by atoms with Gasteiger partial charge in [0, 0.05) is 6.54 Å². The highest BCUT2D eigenvalue weighted by atomic mass is 16.5. The Labute approximate surface area is 142 Å². The van der Waals surface area contributed by atoms with Crippen molar-refractivity contribution in [3.8, 4) is 0 Å². The van der Waals surface area contributed by atoms with Crippen molar-refractivity contribution >= 4 is 11.8 Å². The minimum Gasteiger partial charge on any atom is -0.378 e. The van der Waals surface area contributed by atoms with E-state index >= 15 is 0 Å². The zero-order valence-electron chi connectivity index (χ0n) is 14.3. The summed E-state index contributed by atoms with van der Waals surface area (Å²) in [5.74, 6) is -0.923. The first-order valence-corrected chi connectivity index (χ1v) is 8.18. The Hall–Kier alpha value is -1.92. The molecule has 0 aliphatic carbocycles. The van der Waals surface area contributed by atoms with E-state index in [1.165, 1.54) is 4.90 Å². The molecule has 1 heterocycles. The SMILES string of the molecule is CC(C)(COCc1ccccc1)C(=O)N1CCCC(O)(C(N)=O)C1.